The van der Waals surface area contributed by atoms with Crippen LogP contribution in [0, 0.1) is 11.3 Å². The van der Waals surface area contributed by atoms with Crippen LogP contribution in [-0.2, 0) is 4.79 Å². The first kappa shape index (κ1) is 23.1. The van der Waals surface area contributed by atoms with Crippen molar-refractivity contribution in [1.29, 1.82) is 5.26 Å². The molecule has 1 atom stereocenters. The number of nitriles is 1. The Bertz CT molecular complexity index is 907. The summed E-state index contributed by atoms with van der Waals surface area (Å²) in [6.45, 7) is 7.14. The number of nitrogens with one attached hydrogen (secondary N) is 1. The van der Waals surface area contributed by atoms with Gasteiger partial charge in [0.1, 0.15) is 11.8 Å². The molecule has 0 aliphatic carbocycles. The van der Waals surface area contributed by atoms with Crippen molar-refractivity contribution in [3.8, 4) is 11.8 Å². The third-order valence-corrected chi connectivity index (χ3v) is 4.85. The molecule has 2 heterocycles. The number of nitrogens with zero attached hydrogens (tertiary/aromatic N) is 3. The number of fused-ring (bicyclic) bond motifs is 1. The molecule has 1 N–H and O–H groups in total. The Balaban J connectivity index is 0.00000155. The Morgan fingerprint density at radius 3 is 2.87 bits per heavy atom. The number of amides is 2. The highest BCUT2D eigenvalue weighted by Crippen LogP contribution is 2.23. The van der Waals surface area contributed by atoms with Gasteiger partial charge < -0.3 is 15.0 Å². The summed E-state index contributed by atoms with van der Waals surface area (Å²) in [5.41, 5.74) is 1.13. The van der Waals surface area contributed by atoms with Crippen LogP contribution in [0.1, 0.15) is 56.8 Å². The Kier molecular flexibility index (Phi) is 9.07. The van der Waals surface area contributed by atoms with Gasteiger partial charge in [0, 0.05) is 18.1 Å². The predicted molar refractivity (Wildman–Crippen MR) is 116 cm³/mol. The zero-order valence-corrected chi connectivity index (χ0v) is 18.0. The Morgan fingerprint density at radius 1 is 1.33 bits per heavy atom. The normalized spacial score (nSPS) is 15.1. The van der Waals surface area contributed by atoms with Crippen LogP contribution >= 0.6 is 0 Å². The van der Waals surface area contributed by atoms with E-state index < -0.39 is 6.04 Å². The molecule has 1 aliphatic rings. The van der Waals surface area contributed by atoms with E-state index in [0.29, 0.717) is 41.8 Å². The lowest BCUT2D eigenvalue weighted by Crippen LogP contribution is -2.42. The van der Waals surface area contributed by atoms with Crippen molar-refractivity contribution in [3.05, 3.63) is 36.0 Å². The van der Waals surface area contributed by atoms with Gasteiger partial charge in [-0.3, -0.25) is 14.6 Å². The van der Waals surface area contributed by atoms with Crippen LogP contribution in [-0.4, -0.2) is 47.4 Å². The SMILES string of the molecule is CC.CCCCOc1ccc2nccc(C(=O)NCC(=O)N3CCCC3C#N)c2c1. The summed E-state index contributed by atoms with van der Waals surface area (Å²) in [7, 11) is 0. The first-order valence-electron chi connectivity index (χ1n) is 10.6. The van der Waals surface area contributed by atoms with Crippen molar-refractivity contribution in [1.82, 2.24) is 15.2 Å². The molecule has 0 radical (unpaired) electrons. The number of ether oxygens (including phenoxy) is 1. The molecule has 2 amide bonds. The van der Waals surface area contributed by atoms with E-state index in [1.807, 2.05) is 26.0 Å². The van der Waals surface area contributed by atoms with E-state index in [4.69, 9.17) is 10.00 Å². The minimum atomic E-state index is -0.394. The fraction of sp³-hybridized carbons (Fsp3) is 0.478. The first-order chi connectivity index (χ1) is 14.6. The molecular formula is C23H30N4O3. The summed E-state index contributed by atoms with van der Waals surface area (Å²) >= 11 is 0. The van der Waals surface area contributed by atoms with Crippen LogP contribution in [0.15, 0.2) is 30.5 Å². The second kappa shape index (κ2) is 11.8. The van der Waals surface area contributed by atoms with Gasteiger partial charge in [-0.15, -0.1) is 0 Å². The second-order valence-corrected chi connectivity index (χ2v) is 6.80. The summed E-state index contributed by atoms with van der Waals surface area (Å²) < 4.78 is 5.73. The number of hydrogen-bond donors (Lipinski definition) is 1. The summed E-state index contributed by atoms with van der Waals surface area (Å²) in [6, 6.07) is 8.84. The maximum Gasteiger partial charge on any atom is 0.252 e. The topological polar surface area (TPSA) is 95.3 Å². The zero-order valence-electron chi connectivity index (χ0n) is 18.0. The highest BCUT2D eigenvalue weighted by molar-refractivity contribution is 6.07. The zero-order chi connectivity index (χ0) is 21.9. The van der Waals surface area contributed by atoms with Gasteiger partial charge in [-0.2, -0.15) is 5.26 Å². The van der Waals surface area contributed by atoms with E-state index in [2.05, 4.69) is 23.3 Å². The molecule has 0 saturated carbocycles. The molecule has 1 saturated heterocycles. The number of carbonyl (C=O) groups is 2. The summed E-state index contributed by atoms with van der Waals surface area (Å²) in [5, 5.41) is 12.5. The summed E-state index contributed by atoms with van der Waals surface area (Å²) in [5.74, 6) is 0.103. The van der Waals surface area contributed by atoms with Gasteiger partial charge in [0.15, 0.2) is 0 Å². The molecular weight excluding hydrogens is 380 g/mol. The van der Waals surface area contributed by atoms with Crippen molar-refractivity contribution < 1.29 is 14.3 Å². The van der Waals surface area contributed by atoms with Crippen molar-refractivity contribution in [2.45, 2.75) is 52.5 Å². The largest absolute Gasteiger partial charge is 0.494 e. The molecule has 1 aromatic heterocycles. The van der Waals surface area contributed by atoms with Gasteiger partial charge in [0.25, 0.3) is 5.91 Å². The number of benzene rings is 1. The number of hydrogen-bond acceptors (Lipinski definition) is 5. The van der Waals surface area contributed by atoms with Gasteiger partial charge in [-0.05, 0) is 43.5 Å². The monoisotopic (exact) mass is 410 g/mol. The number of likely N-dealkylation sites (tertiary alicyclic amines) is 1. The molecule has 0 spiro atoms. The van der Waals surface area contributed by atoms with Crippen LogP contribution in [0.25, 0.3) is 10.9 Å². The fourth-order valence-electron chi connectivity index (χ4n) is 3.30. The second-order valence-electron chi connectivity index (χ2n) is 6.80. The Labute approximate surface area is 178 Å². The molecule has 160 valence electrons. The lowest BCUT2D eigenvalue weighted by Gasteiger charge is -2.19. The van der Waals surface area contributed by atoms with E-state index >= 15 is 0 Å². The average Bonchev–Trinajstić information content (AvgIpc) is 3.27. The number of aromatic nitrogens is 1. The van der Waals surface area contributed by atoms with Crippen LogP contribution in [0.5, 0.6) is 5.75 Å². The molecule has 7 nitrogen and oxygen atoms in total. The highest BCUT2D eigenvalue weighted by atomic mass is 16.5. The Morgan fingerprint density at radius 2 is 2.13 bits per heavy atom. The lowest BCUT2D eigenvalue weighted by atomic mass is 10.1. The predicted octanol–water partition coefficient (Wildman–Crippen LogP) is 3.68. The van der Waals surface area contributed by atoms with Crippen LogP contribution in [0.3, 0.4) is 0 Å². The van der Waals surface area contributed by atoms with Crippen LogP contribution in [0.2, 0.25) is 0 Å². The number of pyridine rings is 1. The molecule has 7 heteroatoms. The summed E-state index contributed by atoms with van der Waals surface area (Å²) in [4.78, 5) is 30.9. The standard InChI is InChI=1S/C21H24N4O3.C2H6/c1-2-3-11-28-16-6-7-19-18(12-16)17(8-9-23-19)21(27)24-14-20(26)25-10-4-5-15(25)13-22;1-2/h6-9,12,15H,2-5,10-11,14H2,1H3,(H,24,27);1-2H3. The number of unbranched alkanes of at least 4 members (excludes halogenated alkanes) is 1. The quantitative estimate of drug-likeness (QED) is 0.703. The molecule has 1 aromatic carbocycles. The molecule has 1 fully saturated rings. The molecule has 3 rings (SSSR count). The van der Waals surface area contributed by atoms with Crippen LogP contribution in [0.4, 0.5) is 0 Å². The van der Waals surface area contributed by atoms with Gasteiger partial charge in [-0.1, -0.05) is 27.2 Å². The lowest BCUT2D eigenvalue weighted by molar-refractivity contribution is -0.130. The van der Waals surface area contributed by atoms with E-state index in [9.17, 15) is 9.59 Å². The average molecular weight is 411 g/mol. The maximum absolute atomic E-state index is 12.7. The van der Waals surface area contributed by atoms with E-state index in [1.165, 1.54) is 4.90 Å². The van der Waals surface area contributed by atoms with Gasteiger partial charge >= 0.3 is 0 Å². The van der Waals surface area contributed by atoms with E-state index in [1.54, 1.807) is 18.3 Å². The maximum atomic E-state index is 12.7. The molecule has 1 unspecified atom stereocenters. The highest BCUT2D eigenvalue weighted by Gasteiger charge is 2.28. The van der Waals surface area contributed by atoms with E-state index in [-0.39, 0.29) is 18.4 Å². The minimum absolute atomic E-state index is 0.131. The molecule has 0 bridgehead atoms. The Hall–Kier alpha value is -3.14. The fourth-order valence-corrected chi connectivity index (χ4v) is 3.30. The van der Waals surface area contributed by atoms with E-state index in [0.717, 1.165) is 19.3 Å². The van der Waals surface area contributed by atoms with Crippen molar-refractivity contribution in [3.63, 3.8) is 0 Å². The van der Waals surface area contributed by atoms with Crippen molar-refractivity contribution in [2.75, 3.05) is 19.7 Å². The van der Waals surface area contributed by atoms with Crippen molar-refractivity contribution >= 4 is 22.7 Å². The molecule has 1 aliphatic heterocycles. The molecule has 30 heavy (non-hydrogen) atoms. The third kappa shape index (κ3) is 5.69. The number of carbonyl (C=O) groups excluding carboxylic acids is 2. The van der Waals surface area contributed by atoms with Crippen LogP contribution < -0.4 is 10.1 Å². The minimum Gasteiger partial charge on any atom is -0.494 e. The smallest absolute Gasteiger partial charge is 0.252 e. The van der Waals surface area contributed by atoms with Crippen molar-refractivity contribution in [2.24, 2.45) is 0 Å². The summed E-state index contributed by atoms with van der Waals surface area (Å²) in [6.07, 6.45) is 5.07. The number of rotatable bonds is 7. The van der Waals surface area contributed by atoms with Gasteiger partial charge in [0.2, 0.25) is 5.91 Å². The first-order valence-corrected chi connectivity index (χ1v) is 10.6. The third-order valence-electron chi connectivity index (χ3n) is 4.85. The van der Waals surface area contributed by atoms with Gasteiger partial charge in [0.05, 0.1) is 30.3 Å². The van der Waals surface area contributed by atoms with Gasteiger partial charge in [-0.25, -0.2) is 0 Å². The molecule has 2 aromatic rings.